The highest BCUT2D eigenvalue weighted by atomic mass is 16.6. The second-order valence-corrected chi connectivity index (χ2v) is 8.47. The SMILES string of the molecule is CC(C)(C)OC(=O)N1CCN2C(NCCc3c[nH]c4ccccc34)=NCC2C1. The van der Waals surface area contributed by atoms with Crippen LogP contribution >= 0.6 is 0 Å². The monoisotopic (exact) mass is 383 g/mol. The van der Waals surface area contributed by atoms with Gasteiger partial charge in [0.25, 0.3) is 0 Å². The summed E-state index contributed by atoms with van der Waals surface area (Å²) in [6, 6.07) is 8.60. The maximum atomic E-state index is 12.3. The molecular weight excluding hydrogens is 354 g/mol. The number of guanidine groups is 1. The summed E-state index contributed by atoms with van der Waals surface area (Å²) in [6.07, 6.45) is 2.80. The van der Waals surface area contributed by atoms with Crippen LogP contribution in [0, 0.1) is 0 Å². The Morgan fingerprint density at radius 3 is 2.96 bits per heavy atom. The lowest BCUT2D eigenvalue weighted by atomic mass is 10.1. The minimum atomic E-state index is -0.463. The van der Waals surface area contributed by atoms with Crippen molar-refractivity contribution in [3.8, 4) is 0 Å². The second kappa shape index (κ2) is 7.37. The van der Waals surface area contributed by atoms with Gasteiger partial charge in [0.05, 0.1) is 12.6 Å². The number of piperazine rings is 1. The average molecular weight is 383 g/mol. The summed E-state index contributed by atoms with van der Waals surface area (Å²) in [5.41, 5.74) is 2.03. The third-order valence-corrected chi connectivity index (χ3v) is 5.21. The Labute approximate surface area is 165 Å². The number of hydrogen-bond donors (Lipinski definition) is 2. The Balaban J connectivity index is 1.28. The van der Waals surface area contributed by atoms with E-state index >= 15 is 0 Å². The van der Waals surface area contributed by atoms with E-state index in [1.807, 2.05) is 26.8 Å². The topological polar surface area (TPSA) is 73.0 Å². The van der Waals surface area contributed by atoms with E-state index < -0.39 is 5.60 Å². The summed E-state index contributed by atoms with van der Waals surface area (Å²) in [4.78, 5) is 24.4. The molecule has 3 heterocycles. The number of para-hydroxylation sites is 1. The number of nitrogens with zero attached hydrogens (tertiary/aromatic N) is 3. The third kappa shape index (κ3) is 3.93. The van der Waals surface area contributed by atoms with Gasteiger partial charge in [0.15, 0.2) is 5.96 Å². The van der Waals surface area contributed by atoms with Gasteiger partial charge < -0.3 is 24.8 Å². The summed E-state index contributed by atoms with van der Waals surface area (Å²) >= 11 is 0. The second-order valence-electron chi connectivity index (χ2n) is 8.47. The summed E-state index contributed by atoms with van der Waals surface area (Å²) < 4.78 is 5.51. The van der Waals surface area contributed by atoms with Crippen LogP contribution in [0.1, 0.15) is 26.3 Å². The zero-order chi connectivity index (χ0) is 19.7. The summed E-state index contributed by atoms with van der Waals surface area (Å²) in [6.45, 7) is 9.35. The van der Waals surface area contributed by atoms with Crippen molar-refractivity contribution >= 4 is 23.0 Å². The van der Waals surface area contributed by atoms with Gasteiger partial charge in [-0.2, -0.15) is 0 Å². The van der Waals surface area contributed by atoms with E-state index in [2.05, 4.69) is 44.6 Å². The zero-order valence-corrected chi connectivity index (χ0v) is 16.9. The molecule has 1 saturated heterocycles. The molecule has 0 aliphatic carbocycles. The fourth-order valence-corrected chi connectivity index (χ4v) is 3.87. The first kappa shape index (κ1) is 18.7. The molecule has 1 atom stereocenters. The smallest absolute Gasteiger partial charge is 0.410 e. The molecule has 7 nitrogen and oxygen atoms in total. The van der Waals surface area contributed by atoms with Gasteiger partial charge in [0.2, 0.25) is 0 Å². The van der Waals surface area contributed by atoms with Crippen molar-refractivity contribution in [2.45, 2.75) is 38.8 Å². The predicted octanol–water partition coefficient (Wildman–Crippen LogP) is 2.59. The average Bonchev–Trinajstić information content (AvgIpc) is 3.24. The molecule has 1 aromatic heterocycles. The third-order valence-electron chi connectivity index (χ3n) is 5.21. The van der Waals surface area contributed by atoms with Crippen LogP contribution in [-0.4, -0.2) is 71.2 Å². The number of rotatable bonds is 3. The highest BCUT2D eigenvalue weighted by Crippen LogP contribution is 2.20. The lowest BCUT2D eigenvalue weighted by Gasteiger charge is -2.39. The number of amides is 1. The molecule has 0 spiro atoms. The normalized spacial score (nSPS) is 19.5. The number of ether oxygens (including phenoxy) is 1. The van der Waals surface area contributed by atoms with Crippen molar-refractivity contribution in [3.05, 3.63) is 36.0 Å². The molecule has 0 bridgehead atoms. The Morgan fingerprint density at radius 2 is 2.14 bits per heavy atom. The van der Waals surface area contributed by atoms with Crippen LogP contribution in [0.2, 0.25) is 0 Å². The maximum Gasteiger partial charge on any atom is 0.410 e. The number of hydrogen-bond acceptors (Lipinski definition) is 5. The van der Waals surface area contributed by atoms with Gasteiger partial charge in [0, 0.05) is 43.3 Å². The van der Waals surface area contributed by atoms with Gasteiger partial charge in [-0.25, -0.2) is 4.79 Å². The van der Waals surface area contributed by atoms with Gasteiger partial charge in [-0.3, -0.25) is 4.99 Å². The summed E-state index contributed by atoms with van der Waals surface area (Å²) in [7, 11) is 0. The number of carbonyl (C=O) groups excluding carboxylic acids is 1. The molecule has 2 aromatic rings. The Bertz CT molecular complexity index is 882. The fourth-order valence-electron chi connectivity index (χ4n) is 3.87. The van der Waals surface area contributed by atoms with E-state index in [-0.39, 0.29) is 12.1 Å². The molecule has 2 N–H and O–H groups in total. The van der Waals surface area contributed by atoms with Crippen LogP contribution in [0.4, 0.5) is 4.79 Å². The van der Waals surface area contributed by atoms with Crippen LogP contribution < -0.4 is 5.32 Å². The van der Waals surface area contributed by atoms with Gasteiger partial charge in [-0.1, -0.05) is 18.2 Å². The van der Waals surface area contributed by atoms with Gasteiger partial charge in [0.1, 0.15) is 5.60 Å². The summed E-state index contributed by atoms with van der Waals surface area (Å²) in [5, 5.41) is 4.77. The Morgan fingerprint density at radius 1 is 1.32 bits per heavy atom. The van der Waals surface area contributed by atoms with Crippen molar-refractivity contribution in [2.75, 3.05) is 32.7 Å². The molecule has 1 unspecified atom stereocenters. The number of aliphatic imine (C=N–C) groups is 1. The number of nitrogens with one attached hydrogen (secondary N) is 2. The predicted molar refractivity (Wildman–Crippen MR) is 111 cm³/mol. The molecular formula is C21H29N5O2. The molecule has 1 aromatic carbocycles. The minimum Gasteiger partial charge on any atom is -0.444 e. The lowest BCUT2D eigenvalue weighted by molar-refractivity contribution is 0.0137. The van der Waals surface area contributed by atoms with Crippen LogP contribution in [0.15, 0.2) is 35.5 Å². The molecule has 150 valence electrons. The maximum absolute atomic E-state index is 12.3. The van der Waals surface area contributed by atoms with Crippen molar-refractivity contribution < 1.29 is 9.53 Å². The fraction of sp³-hybridized carbons (Fsp3) is 0.524. The number of aromatic nitrogens is 1. The van der Waals surface area contributed by atoms with E-state index in [0.29, 0.717) is 19.6 Å². The summed E-state index contributed by atoms with van der Waals surface area (Å²) in [5.74, 6) is 0.952. The number of carbonyl (C=O) groups is 1. The van der Waals surface area contributed by atoms with Gasteiger partial charge in [-0.05, 0) is 38.8 Å². The standard InChI is InChI=1S/C21H29N5O2/c1-21(2,3)28-20(27)25-10-11-26-16(14-25)13-24-19(26)22-9-8-15-12-23-18-7-5-4-6-17(15)18/h4-7,12,16,23H,8-11,13-14H2,1-3H3,(H,22,24). The molecule has 7 heteroatoms. The van der Waals surface area contributed by atoms with Crippen LogP contribution in [-0.2, 0) is 11.2 Å². The van der Waals surface area contributed by atoms with E-state index in [4.69, 9.17) is 4.74 Å². The van der Waals surface area contributed by atoms with E-state index in [1.165, 1.54) is 16.5 Å². The molecule has 4 rings (SSSR count). The lowest BCUT2D eigenvalue weighted by Crippen LogP contribution is -2.57. The minimum absolute atomic E-state index is 0.229. The van der Waals surface area contributed by atoms with Crippen molar-refractivity contribution in [3.63, 3.8) is 0 Å². The largest absolute Gasteiger partial charge is 0.444 e. The van der Waals surface area contributed by atoms with Crippen molar-refractivity contribution in [1.29, 1.82) is 0 Å². The Hall–Kier alpha value is -2.70. The highest BCUT2D eigenvalue weighted by molar-refractivity contribution is 5.84. The molecule has 0 radical (unpaired) electrons. The molecule has 2 aliphatic rings. The number of H-pyrrole nitrogens is 1. The zero-order valence-electron chi connectivity index (χ0n) is 16.9. The first-order valence-electron chi connectivity index (χ1n) is 9.98. The Kier molecular flexibility index (Phi) is 4.91. The highest BCUT2D eigenvalue weighted by Gasteiger charge is 2.36. The van der Waals surface area contributed by atoms with E-state index in [0.717, 1.165) is 25.5 Å². The number of aromatic amines is 1. The van der Waals surface area contributed by atoms with E-state index in [1.54, 1.807) is 4.90 Å². The van der Waals surface area contributed by atoms with Crippen molar-refractivity contribution in [1.82, 2.24) is 20.1 Å². The number of fused-ring (bicyclic) bond motifs is 2. The first-order chi connectivity index (χ1) is 13.4. The molecule has 1 fully saturated rings. The van der Waals surface area contributed by atoms with Gasteiger partial charge in [-0.15, -0.1) is 0 Å². The van der Waals surface area contributed by atoms with E-state index in [9.17, 15) is 4.79 Å². The van der Waals surface area contributed by atoms with Crippen molar-refractivity contribution in [2.24, 2.45) is 4.99 Å². The van der Waals surface area contributed by atoms with Crippen LogP contribution in [0.5, 0.6) is 0 Å². The van der Waals surface area contributed by atoms with Crippen LogP contribution in [0.3, 0.4) is 0 Å². The van der Waals surface area contributed by atoms with Crippen LogP contribution in [0.25, 0.3) is 10.9 Å². The number of benzene rings is 1. The molecule has 2 aliphatic heterocycles. The quantitative estimate of drug-likeness (QED) is 0.855. The van der Waals surface area contributed by atoms with Gasteiger partial charge >= 0.3 is 6.09 Å². The molecule has 1 amide bonds. The molecule has 0 saturated carbocycles. The molecule has 28 heavy (non-hydrogen) atoms. The first-order valence-corrected chi connectivity index (χ1v) is 9.98.